The zero-order valence-electron chi connectivity index (χ0n) is 12.1. The van der Waals surface area contributed by atoms with Crippen LogP contribution in [0, 0.1) is 11.8 Å². The highest BCUT2D eigenvalue weighted by Gasteiger charge is 2.24. The predicted octanol–water partition coefficient (Wildman–Crippen LogP) is 0.914. The van der Waals surface area contributed by atoms with Crippen molar-refractivity contribution in [2.24, 2.45) is 11.8 Å². The van der Waals surface area contributed by atoms with E-state index < -0.39 is 0 Å². The Hall–Kier alpha value is -1.10. The average Bonchev–Trinajstić information content (AvgIpc) is 3.01. The lowest BCUT2D eigenvalue weighted by molar-refractivity contribution is -0.133. The van der Waals surface area contributed by atoms with Crippen LogP contribution in [0.15, 0.2) is 0 Å². The summed E-state index contributed by atoms with van der Waals surface area (Å²) in [6, 6.07) is 0. The number of hydrogen-bond acceptors (Lipinski definition) is 3. The van der Waals surface area contributed by atoms with Crippen molar-refractivity contribution in [3.8, 4) is 0 Å². The molecule has 2 amide bonds. The van der Waals surface area contributed by atoms with Crippen LogP contribution in [0.3, 0.4) is 0 Å². The molecule has 1 aliphatic carbocycles. The highest BCUT2D eigenvalue weighted by molar-refractivity contribution is 5.80. The Morgan fingerprint density at radius 3 is 2.60 bits per heavy atom. The lowest BCUT2D eigenvalue weighted by atomic mass is 9.99. The van der Waals surface area contributed by atoms with E-state index in [0.29, 0.717) is 19.5 Å². The van der Waals surface area contributed by atoms with Crippen LogP contribution >= 0.6 is 0 Å². The number of hydrogen-bond donors (Lipinski definition) is 2. The summed E-state index contributed by atoms with van der Waals surface area (Å²) in [5.74, 6) is 0.594. The number of carbonyl (C=O) groups excluding carboxylic acids is 2. The second kappa shape index (κ2) is 7.62. The van der Waals surface area contributed by atoms with E-state index in [1.807, 2.05) is 4.90 Å². The van der Waals surface area contributed by atoms with Crippen molar-refractivity contribution in [2.45, 2.75) is 44.9 Å². The third-order valence-electron chi connectivity index (χ3n) is 4.49. The summed E-state index contributed by atoms with van der Waals surface area (Å²) >= 11 is 0. The molecule has 5 heteroatoms. The van der Waals surface area contributed by atoms with Crippen molar-refractivity contribution < 1.29 is 14.7 Å². The summed E-state index contributed by atoms with van der Waals surface area (Å²) in [5, 5.41) is 12.0. The first-order chi connectivity index (χ1) is 9.70. The van der Waals surface area contributed by atoms with Gasteiger partial charge in [0.1, 0.15) is 0 Å². The van der Waals surface area contributed by atoms with Gasteiger partial charge in [0.2, 0.25) is 11.8 Å². The molecule has 0 spiro atoms. The summed E-state index contributed by atoms with van der Waals surface area (Å²) in [6.45, 7) is 2.04. The molecule has 20 heavy (non-hydrogen) atoms. The average molecular weight is 282 g/mol. The van der Waals surface area contributed by atoms with Gasteiger partial charge in [0, 0.05) is 38.6 Å². The van der Waals surface area contributed by atoms with E-state index in [4.69, 9.17) is 5.11 Å². The summed E-state index contributed by atoms with van der Waals surface area (Å²) in [7, 11) is 0. The largest absolute Gasteiger partial charge is 0.396 e. The quantitative estimate of drug-likeness (QED) is 0.787. The maximum atomic E-state index is 12.1. The van der Waals surface area contributed by atoms with Crippen LogP contribution in [-0.4, -0.2) is 48.1 Å². The van der Waals surface area contributed by atoms with Crippen LogP contribution < -0.4 is 5.32 Å². The molecule has 2 rings (SSSR count). The van der Waals surface area contributed by atoms with Crippen LogP contribution in [0.1, 0.15) is 44.9 Å². The van der Waals surface area contributed by atoms with E-state index in [-0.39, 0.29) is 30.3 Å². The molecule has 1 heterocycles. The minimum absolute atomic E-state index is 0.0925. The van der Waals surface area contributed by atoms with Gasteiger partial charge in [-0.05, 0) is 31.6 Å². The Kier molecular flexibility index (Phi) is 5.83. The Labute approximate surface area is 120 Å². The van der Waals surface area contributed by atoms with Crippen molar-refractivity contribution in [2.75, 3.05) is 26.2 Å². The number of aliphatic hydroxyl groups excluding tert-OH is 1. The molecular formula is C15H26N2O3. The number of nitrogens with one attached hydrogen (secondary N) is 1. The maximum absolute atomic E-state index is 12.1. The molecule has 1 atom stereocenters. The van der Waals surface area contributed by atoms with Crippen molar-refractivity contribution >= 4 is 11.8 Å². The van der Waals surface area contributed by atoms with Gasteiger partial charge in [0.15, 0.2) is 0 Å². The Morgan fingerprint density at radius 2 is 1.90 bits per heavy atom. The second-order valence-electron chi connectivity index (χ2n) is 6.05. The van der Waals surface area contributed by atoms with Gasteiger partial charge in [-0.15, -0.1) is 0 Å². The smallest absolute Gasteiger partial charge is 0.224 e. The summed E-state index contributed by atoms with van der Waals surface area (Å²) < 4.78 is 0. The zero-order valence-corrected chi connectivity index (χ0v) is 12.1. The number of rotatable bonds is 5. The first-order valence-corrected chi connectivity index (χ1v) is 7.87. The second-order valence-corrected chi connectivity index (χ2v) is 6.05. The molecule has 1 saturated heterocycles. The van der Waals surface area contributed by atoms with Gasteiger partial charge in [0.25, 0.3) is 0 Å². The first kappa shape index (κ1) is 15.3. The molecule has 0 bridgehead atoms. The van der Waals surface area contributed by atoms with Crippen LogP contribution in [0.2, 0.25) is 0 Å². The molecule has 0 aromatic rings. The minimum Gasteiger partial charge on any atom is -0.396 e. The van der Waals surface area contributed by atoms with Gasteiger partial charge in [-0.2, -0.15) is 0 Å². The fraction of sp³-hybridized carbons (Fsp3) is 0.867. The molecular weight excluding hydrogens is 256 g/mol. The van der Waals surface area contributed by atoms with Crippen molar-refractivity contribution in [3.63, 3.8) is 0 Å². The molecule has 0 radical (unpaired) electrons. The molecule has 2 N–H and O–H groups in total. The van der Waals surface area contributed by atoms with Crippen molar-refractivity contribution in [1.29, 1.82) is 0 Å². The van der Waals surface area contributed by atoms with Gasteiger partial charge in [-0.1, -0.05) is 12.8 Å². The van der Waals surface area contributed by atoms with Gasteiger partial charge in [0.05, 0.1) is 0 Å². The normalized spacial score (nSPS) is 23.9. The molecule has 1 aliphatic heterocycles. The lowest BCUT2D eigenvalue weighted by Crippen LogP contribution is -2.42. The summed E-state index contributed by atoms with van der Waals surface area (Å²) in [6.07, 6.45) is 6.61. The highest BCUT2D eigenvalue weighted by atomic mass is 16.3. The van der Waals surface area contributed by atoms with Crippen LogP contribution in [0.5, 0.6) is 0 Å². The predicted molar refractivity (Wildman–Crippen MR) is 76.0 cm³/mol. The molecule has 1 unspecified atom stereocenters. The van der Waals surface area contributed by atoms with Crippen molar-refractivity contribution in [1.82, 2.24) is 10.2 Å². The number of carbonyl (C=O) groups is 2. The SMILES string of the molecule is O=C(NCCC(=O)N1CCCC(CO)C1)C1CCCC1. The van der Waals surface area contributed by atoms with E-state index in [1.54, 1.807) is 0 Å². The number of nitrogens with zero attached hydrogens (tertiary/aromatic N) is 1. The molecule has 0 aromatic heterocycles. The fourth-order valence-corrected chi connectivity index (χ4v) is 3.22. The fourth-order valence-electron chi connectivity index (χ4n) is 3.22. The Bertz CT molecular complexity index is 340. The number of piperidine rings is 1. The van der Waals surface area contributed by atoms with Gasteiger partial charge in [-0.25, -0.2) is 0 Å². The monoisotopic (exact) mass is 282 g/mol. The van der Waals surface area contributed by atoms with Crippen LogP contribution in [-0.2, 0) is 9.59 Å². The number of amides is 2. The highest BCUT2D eigenvalue weighted by Crippen LogP contribution is 2.24. The zero-order chi connectivity index (χ0) is 14.4. The van der Waals surface area contributed by atoms with E-state index >= 15 is 0 Å². The summed E-state index contributed by atoms with van der Waals surface area (Å²) in [5.41, 5.74) is 0. The molecule has 5 nitrogen and oxygen atoms in total. The minimum atomic E-state index is 0.0925. The number of aliphatic hydroxyl groups is 1. The topological polar surface area (TPSA) is 69.6 Å². The third-order valence-corrected chi connectivity index (χ3v) is 4.49. The van der Waals surface area contributed by atoms with E-state index in [2.05, 4.69) is 5.32 Å². The Morgan fingerprint density at radius 1 is 1.15 bits per heavy atom. The van der Waals surface area contributed by atoms with Gasteiger partial charge < -0.3 is 15.3 Å². The van der Waals surface area contributed by atoms with Crippen molar-refractivity contribution in [3.05, 3.63) is 0 Å². The maximum Gasteiger partial charge on any atom is 0.224 e. The first-order valence-electron chi connectivity index (χ1n) is 7.87. The Balaban J connectivity index is 1.65. The van der Waals surface area contributed by atoms with E-state index in [9.17, 15) is 9.59 Å². The van der Waals surface area contributed by atoms with Gasteiger partial charge in [-0.3, -0.25) is 9.59 Å². The lowest BCUT2D eigenvalue weighted by Gasteiger charge is -2.32. The molecule has 2 aliphatic rings. The molecule has 2 fully saturated rings. The van der Waals surface area contributed by atoms with Gasteiger partial charge >= 0.3 is 0 Å². The number of likely N-dealkylation sites (tertiary alicyclic amines) is 1. The molecule has 0 aromatic carbocycles. The standard InChI is InChI=1S/C15H26N2O3/c18-11-12-4-3-9-17(10-12)14(19)7-8-16-15(20)13-5-1-2-6-13/h12-13,18H,1-11H2,(H,16,20). The summed E-state index contributed by atoms with van der Waals surface area (Å²) in [4.78, 5) is 25.7. The van der Waals surface area contributed by atoms with E-state index in [0.717, 1.165) is 45.1 Å². The molecule has 114 valence electrons. The van der Waals surface area contributed by atoms with Crippen LogP contribution in [0.25, 0.3) is 0 Å². The van der Waals surface area contributed by atoms with E-state index in [1.165, 1.54) is 0 Å². The van der Waals surface area contributed by atoms with Crippen LogP contribution in [0.4, 0.5) is 0 Å². The third kappa shape index (κ3) is 4.20. The molecule has 1 saturated carbocycles.